The number of nitro groups is 1. The van der Waals surface area contributed by atoms with Crippen molar-refractivity contribution in [3.8, 4) is 11.5 Å². The molecule has 0 atom stereocenters. The van der Waals surface area contributed by atoms with Gasteiger partial charge in [0.15, 0.2) is 0 Å². The third kappa shape index (κ3) is 3.66. The minimum absolute atomic E-state index is 0.112. The predicted molar refractivity (Wildman–Crippen MR) is 95.5 cm³/mol. The Kier molecular flexibility index (Phi) is 4.88. The molecule has 2 aromatic carbocycles. The van der Waals surface area contributed by atoms with Gasteiger partial charge in [0, 0.05) is 32.8 Å². The van der Waals surface area contributed by atoms with Gasteiger partial charge in [-0.1, -0.05) is 34.4 Å². The van der Waals surface area contributed by atoms with Gasteiger partial charge in [0.1, 0.15) is 0 Å². The van der Waals surface area contributed by atoms with Crippen molar-refractivity contribution in [2.75, 3.05) is 5.32 Å². The number of aromatic nitrogens is 2. The van der Waals surface area contributed by atoms with Crippen LogP contribution in [0.3, 0.4) is 0 Å². The quantitative estimate of drug-likeness (QED) is 0.516. The summed E-state index contributed by atoms with van der Waals surface area (Å²) in [4.78, 5) is 22.8. The fraction of sp³-hybridized carbons (Fsp3) is 0.0625. The van der Waals surface area contributed by atoms with Crippen LogP contribution in [0.15, 0.2) is 40.8 Å². The molecule has 26 heavy (non-hydrogen) atoms. The number of hydrogen-bond donors (Lipinski definition) is 1. The van der Waals surface area contributed by atoms with Crippen LogP contribution in [0.4, 0.5) is 11.7 Å². The van der Waals surface area contributed by atoms with Gasteiger partial charge >= 0.3 is 6.01 Å². The van der Waals surface area contributed by atoms with E-state index in [2.05, 4.69) is 15.5 Å². The number of benzene rings is 2. The number of nitrogens with zero attached hydrogens (tertiary/aromatic N) is 3. The second-order valence-electron chi connectivity index (χ2n) is 5.23. The summed E-state index contributed by atoms with van der Waals surface area (Å²) in [7, 11) is 0. The van der Waals surface area contributed by atoms with Gasteiger partial charge in [-0.3, -0.25) is 20.2 Å². The van der Waals surface area contributed by atoms with E-state index < -0.39 is 10.8 Å². The van der Waals surface area contributed by atoms with Crippen molar-refractivity contribution < 1.29 is 14.1 Å². The summed E-state index contributed by atoms with van der Waals surface area (Å²) in [5.74, 6) is -0.494. The van der Waals surface area contributed by atoms with E-state index in [1.807, 2.05) is 0 Å². The molecule has 0 aliphatic heterocycles. The number of amides is 1. The molecular weight excluding hydrogens is 383 g/mol. The highest BCUT2D eigenvalue weighted by molar-refractivity contribution is 6.35. The number of carbonyl (C=O) groups is 1. The zero-order chi connectivity index (χ0) is 18.8. The van der Waals surface area contributed by atoms with Crippen LogP contribution in [0.25, 0.3) is 11.5 Å². The number of nitro benzene ring substituents is 1. The second kappa shape index (κ2) is 7.11. The molecule has 8 nitrogen and oxygen atoms in total. The Morgan fingerprint density at radius 1 is 1.19 bits per heavy atom. The number of halogens is 2. The van der Waals surface area contributed by atoms with Crippen LogP contribution in [0.2, 0.25) is 10.0 Å². The Balaban J connectivity index is 1.84. The van der Waals surface area contributed by atoms with Crippen molar-refractivity contribution in [2.45, 2.75) is 6.92 Å². The molecule has 0 fully saturated rings. The summed E-state index contributed by atoms with van der Waals surface area (Å²) >= 11 is 11.9. The smallest absolute Gasteiger partial charge is 0.322 e. The predicted octanol–water partition coefficient (Wildman–Crippen LogP) is 4.51. The molecule has 3 rings (SSSR count). The van der Waals surface area contributed by atoms with Gasteiger partial charge in [0.25, 0.3) is 11.6 Å². The second-order valence-corrected chi connectivity index (χ2v) is 6.10. The number of nitrogens with one attached hydrogen (secondary N) is 1. The topological polar surface area (TPSA) is 111 Å². The third-order valence-electron chi connectivity index (χ3n) is 3.50. The average molecular weight is 393 g/mol. The molecule has 10 heteroatoms. The van der Waals surface area contributed by atoms with Gasteiger partial charge in [-0.2, -0.15) is 0 Å². The minimum atomic E-state index is -0.606. The van der Waals surface area contributed by atoms with Gasteiger partial charge in [-0.25, -0.2) is 0 Å². The van der Waals surface area contributed by atoms with E-state index in [1.165, 1.54) is 25.1 Å². The Bertz CT molecular complexity index is 999. The maximum absolute atomic E-state index is 12.4. The number of anilines is 1. The number of hydrogen-bond acceptors (Lipinski definition) is 6. The van der Waals surface area contributed by atoms with Gasteiger partial charge in [0.2, 0.25) is 5.89 Å². The normalized spacial score (nSPS) is 10.6. The maximum Gasteiger partial charge on any atom is 0.322 e. The van der Waals surface area contributed by atoms with Crippen LogP contribution < -0.4 is 5.32 Å². The van der Waals surface area contributed by atoms with E-state index in [1.54, 1.807) is 18.2 Å². The van der Waals surface area contributed by atoms with Gasteiger partial charge in [0.05, 0.1) is 4.92 Å². The molecule has 1 heterocycles. The molecule has 0 spiro atoms. The first-order chi connectivity index (χ1) is 12.3. The lowest BCUT2D eigenvalue weighted by Crippen LogP contribution is -2.14. The van der Waals surface area contributed by atoms with Crippen LogP contribution >= 0.6 is 23.2 Å². The van der Waals surface area contributed by atoms with Crippen LogP contribution in [-0.2, 0) is 0 Å². The summed E-state index contributed by atoms with van der Waals surface area (Å²) in [6.07, 6.45) is 0. The van der Waals surface area contributed by atoms with E-state index in [0.29, 0.717) is 15.6 Å². The Hall–Kier alpha value is -2.97. The van der Waals surface area contributed by atoms with Crippen LogP contribution in [0, 0.1) is 17.0 Å². The number of rotatable bonds is 4. The lowest BCUT2D eigenvalue weighted by atomic mass is 10.1. The van der Waals surface area contributed by atoms with Crippen molar-refractivity contribution in [2.24, 2.45) is 0 Å². The van der Waals surface area contributed by atoms with Crippen molar-refractivity contribution in [1.29, 1.82) is 0 Å². The molecule has 0 saturated carbocycles. The fourth-order valence-electron chi connectivity index (χ4n) is 2.30. The zero-order valence-electron chi connectivity index (χ0n) is 13.2. The van der Waals surface area contributed by atoms with Crippen molar-refractivity contribution in [1.82, 2.24) is 10.2 Å². The molecule has 0 radical (unpaired) electrons. The number of carbonyl (C=O) groups excluding carboxylic acids is 1. The summed E-state index contributed by atoms with van der Waals surface area (Å²) in [6.45, 7) is 1.49. The molecule has 1 amide bonds. The van der Waals surface area contributed by atoms with E-state index in [-0.39, 0.29) is 28.7 Å². The summed E-state index contributed by atoms with van der Waals surface area (Å²) in [6, 6.07) is 8.76. The monoisotopic (exact) mass is 392 g/mol. The third-order valence-corrected chi connectivity index (χ3v) is 3.94. The molecule has 1 N–H and O–H groups in total. The molecule has 1 aromatic heterocycles. The van der Waals surface area contributed by atoms with Crippen molar-refractivity contribution in [3.63, 3.8) is 0 Å². The minimum Gasteiger partial charge on any atom is -0.403 e. The van der Waals surface area contributed by atoms with Crippen molar-refractivity contribution in [3.05, 3.63) is 67.7 Å². The maximum atomic E-state index is 12.4. The Morgan fingerprint density at radius 2 is 1.88 bits per heavy atom. The highest BCUT2D eigenvalue weighted by atomic mass is 35.5. The molecular formula is C16H10Cl2N4O4. The summed E-state index contributed by atoms with van der Waals surface area (Å²) in [5.41, 5.74) is 0.695. The first-order valence-corrected chi connectivity index (χ1v) is 7.96. The molecule has 0 aliphatic rings. The molecule has 0 unspecified atom stereocenters. The standard InChI is InChI=1S/C16H10Cl2N4O4/c1-8-12(3-2-4-13(8)22(24)25)14(23)19-16-21-20-15(26-16)9-5-10(17)7-11(18)6-9/h2-7H,1H3,(H,19,21,23). The summed E-state index contributed by atoms with van der Waals surface area (Å²) < 4.78 is 5.38. The van der Waals surface area contributed by atoms with Crippen LogP contribution in [0.5, 0.6) is 0 Å². The molecule has 0 bridgehead atoms. The molecule has 0 aliphatic carbocycles. The largest absolute Gasteiger partial charge is 0.403 e. The van der Waals surface area contributed by atoms with E-state index >= 15 is 0 Å². The first-order valence-electron chi connectivity index (χ1n) is 7.20. The lowest BCUT2D eigenvalue weighted by Gasteiger charge is -2.05. The Morgan fingerprint density at radius 3 is 2.54 bits per heavy atom. The molecule has 0 saturated heterocycles. The molecule has 132 valence electrons. The highest BCUT2D eigenvalue weighted by Crippen LogP contribution is 2.27. The van der Waals surface area contributed by atoms with Crippen molar-refractivity contribution >= 4 is 40.8 Å². The van der Waals surface area contributed by atoms with E-state index in [9.17, 15) is 14.9 Å². The van der Waals surface area contributed by atoms with Crippen LogP contribution in [-0.4, -0.2) is 21.0 Å². The SMILES string of the molecule is Cc1c(C(=O)Nc2nnc(-c3cc(Cl)cc(Cl)c3)o2)cccc1[N+](=O)[O-]. The van der Waals surface area contributed by atoms with Gasteiger partial charge < -0.3 is 4.42 Å². The van der Waals surface area contributed by atoms with Crippen LogP contribution in [0.1, 0.15) is 15.9 Å². The first kappa shape index (κ1) is 17.8. The average Bonchev–Trinajstić information content (AvgIpc) is 3.02. The Labute approximate surface area is 156 Å². The van der Waals surface area contributed by atoms with E-state index in [4.69, 9.17) is 27.6 Å². The van der Waals surface area contributed by atoms with E-state index in [0.717, 1.165) is 0 Å². The van der Waals surface area contributed by atoms with Gasteiger partial charge in [-0.15, -0.1) is 5.10 Å². The lowest BCUT2D eigenvalue weighted by molar-refractivity contribution is -0.385. The summed E-state index contributed by atoms with van der Waals surface area (Å²) in [5, 5.41) is 21.7. The molecule has 3 aromatic rings. The van der Waals surface area contributed by atoms with Gasteiger partial charge in [-0.05, 0) is 31.2 Å². The fourth-order valence-corrected chi connectivity index (χ4v) is 2.83. The zero-order valence-corrected chi connectivity index (χ0v) is 14.7. The highest BCUT2D eigenvalue weighted by Gasteiger charge is 2.20.